The Morgan fingerprint density at radius 3 is 2.53 bits per heavy atom. The lowest BCUT2D eigenvalue weighted by molar-refractivity contribution is -0.117. The van der Waals surface area contributed by atoms with E-state index in [4.69, 9.17) is 26.8 Å². The number of benzene rings is 2. The predicted octanol–water partition coefficient (Wildman–Crippen LogP) is 5.76. The number of amides is 2. The van der Waals surface area contributed by atoms with E-state index in [1.807, 2.05) is 13.0 Å². The van der Waals surface area contributed by atoms with Crippen LogP contribution in [0.3, 0.4) is 0 Å². The number of methoxy groups -OCH3 is 1. The van der Waals surface area contributed by atoms with E-state index < -0.39 is 29.0 Å². The van der Waals surface area contributed by atoms with Crippen molar-refractivity contribution in [3.8, 4) is 22.8 Å². The summed E-state index contributed by atoms with van der Waals surface area (Å²) in [5.41, 5.74) is 5.42. The van der Waals surface area contributed by atoms with Crippen molar-refractivity contribution in [1.82, 2.24) is 15.3 Å². The smallest absolute Gasteiger partial charge is 0.251 e. The number of aromatic nitrogens is 2. The maximum absolute atomic E-state index is 15.2. The average Bonchev–Trinajstić information content (AvgIpc) is 3.85. The van der Waals surface area contributed by atoms with Crippen molar-refractivity contribution in [1.29, 1.82) is 0 Å². The highest BCUT2D eigenvalue weighted by atomic mass is 79.9. The van der Waals surface area contributed by atoms with Gasteiger partial charge in [-0.1, -0.05) is 11.6 Å². The number of carbonyl (C=O) groups excluding carboxylic acids is 2. The van der Waals surface area contributed by atoms with Gasteiger partial charge in [0, 0.05) is 32.6 Å². The molecule has 1 saturated carbocycles. The first-order valence-electron chi connectivity index (χ1n) is 14.1. The Kier molecular flexibility index (Phi) is 9.29. The van der Waals surface area contributed by atoms with Crippen molar-refractivity contribution < 1.29 is 33.0 Å². The third-order valence-electron chi connectivity index (χ3n) is 7.68. The summed E-state index contributed by atoms with van der Waals surface area (Å²) < 4.78 is 41.3. The summed E-state index contributed by atoms with van der Waals surface area (Å²) >= 11 is 9.47. The van der Waals surface area contributed by atoms with Crippen molar-refractivity contribution in [2.45, 2.75) is 38.7 Å². The maximum Gasteiger partial charge on any atom is 0.251 e. The SMILES string of the molecule is CCOc1c(CC(N)=O)cc([C@@](O)(CNC(=O)c2cc(OC)c3nc(C)c(Br)cc3c2)C2CC2)nc1-c1cc(Cl)c(F)cc1F. The number of carbonyl (C=O) groups is 2. The fourth-order valence-electron chi connectivity index (χ4n) is 5.25. The molecule has 1 fully saturated rings. The van der Waals surface area contributed by atoms with Crippen LogP contribution >= 0.6 is 27.5 Å². The van der Waals surface area contributed by atoms with Crippen LogP contribution in [-0.4, -0.2) is 47.2 Å². The van der Waals surface area contributed by atoms with Gasteiger partial charge in [-0.05, 0) is 78.9 Å². The molecule has 5 rings (SSSR count). The highest BCUT2D eigenvalue weighted by Gasteiger charge is 2.47. The maximum atomic E-state index is 15.2. The summed E-state index contributed by atoms with van der Waals surface area (Å²) in [5.74, 6) is -3.01. The summed E-state index contributed by atoms with van der Waals surface area (Å²) in [6.45, 7) is 3.39. The molecule has 2 heterocycles. The van der Waals surface area contributed by atoms with Gasteiger partial charge in [-0.25, -0.2) is 18.7 Å². The number of aliphatic hydroxyl groups is 1. The number of hydrogen-bond donors (Lipinski definition) is 3. The van der Waals surface area contributed by atoms with Gasteiger partial charge in [0.15, 0.2) is 0 Å². The number of nitrogens with zero attached hydrogens (tertiary/aromatic N) is 2. The molecule has 2 aromatic heterocycles. The van der Waals surface area contributed by atoms with Gasteiger partial charge in [-0.15, -0.1) is 0 Å². The number of pyridine rings is 2. The minimum atomic E-state index is -1.73. The summed E-state index contributed by atoms with van der Waals surface area (Å²) in [6, 6.07) is 8.22. The van der Waals surface area contributed by atoms with Crippen LogP contribution in [0.5, 0.6) is 11.5 Å². The van der Waals surface area contributed by atoms with Crippen molar-refractivity contribution in [2.24, 2.45) is 11.7 Å². The molecule has 4 N–H and O–H groups in total. The first kappa shape index (κ1) is 32.5. The Bertz CT molecular complexity index is 1840. The molecule has 0 aliphatic heterocycles. The third-order valence-corrected chi connectivity index (χ3v) is 8.77. The van der Waals surface area contributed by atoms with Crippen LogP contribution < -0.4 is 20.5 Å². The van der Waals surface area contributed by atoms with Crippen LogP contribution in [0.2, 0.25) is 5.02 Å². The standard InChI is InChI=1S/C32H30BrClF2N4O5/c1-4-45-30-17(11-27(37)41)10-26(40-29(30)20-12-22(34)24(36)13-23(20)35)32(43,19-5-6-19)14-38-31(42)18-7-16-8-21(33)15(2)39-28(16)25(9-18)44-3/h7-10,12-13,19,43H,4-6,11,14H2,1-3H3,(H2,37,41)(H,38,42)/t32-/m1/s1. The molecule has 1 atom stereocenters. The van der Waals surface area contributed by atoms with Gasteiger partial charge in [0.1, 0.15) is 39.9 Å². The van der Waals surface area contributed by atoms with Crippen molar-refractivity contribution in [3.63, 3.8) is 0 Å². The number of nitrogens with two attached hydrogens (primary N) is 1. The van der Waals surface area contributed by atoms with E-state index in [9.17, 15) is 19.1 Å². The van der Waals surface area contributed by atoms with Crippen LogP contribution in [0.1, 0.15) is 47.1 Å². The largest absolute Gasteiger partial charge is 0.494 e. The lowest BCUT2D eigenvalue weighted by Crippen LogP contribution is -2.43. The number of ether oxygens (including phenoxy) is 2. The molecule has 45 heavy (non-hydrogen) atoms. The molecule has 9 nitrogen and oxygen atoms in total. The topological polar surface area (TPSA) is 137 Å². The Balaban J connectivity index is 1.57. The minimum Gasteiger partial charge on any atom is -0.494 e. The number of aryl methyl sites for hydroxylation is 1. The van der Waals surface area contributed by atoms with E-state index in [1.165, 1.54) is 13.2 Å². The Morgan fingerprint density at radius 1 is 1.16 bits per heavy atom. The average molecular weight is 704 g/mol. The molecule has 0 bridgehead atoms. The molecule has 236 valence electrons. The predicted molar refractivity (Wildman–Crippen MR) is 168 cm³/mol. The second-order valence-corrected chi connectivity index (χ2v) is 12.1. The molecule has 0 unspecified atom stereocenters. The van der Waals surface area contributed by atoms with Crippen LogP contribution in [0.15, 0.2) is 40.9 Å². The van der Waals surface area contributed by atoms with E-state index in [2.05, 4.69) is 31.2 Å². The molecule has 1 aliphatic rings. The van der Waals surface area contributed by atoms with E-state index in [0.717, 1.165) is 16.2 Å². The van der Waals surface area contributed by atoms with E-state index in [1.54, 1.807) is 19.1 Å². The van der Waals surface area contributed by atoms with Gasteiger partial charge >= 0.3 is 0 Å². The zero-order valence-corrected chi connectivity index (χ0v) is 27.0. The van der Waals surface area contributed by atoms with Gasteiger partial charge < -0.3 is 25.6 Å². The van der Waals surface area contributed by atoms with Crippen LogP contribution in [-0.2, 0) is 16.8 Å². The monoisotopic (exact) mass is 702 g/mol. The zero-order valence-electron chi connectivity index (χ0n) is 24.6. The molecule has 2 amide bonds. The van der Waals surface area contributed by atoms with Gasteiger partial charge in [-0.3, -0.25) is 9.59 Å². The fraction of sp³-hybridized carbons (Fsp3) is 0.312. The highest BCUT2D eigenvalue weighted by molar-refractivity contribution is 9.10. The number of hydrogen-bond acceptors (Lipinski definition) is 7. The Hall–Kier alpha value is -3.87. The van der Waals surface area contributed by atoms with Crippen LogP contribution in [0.4, 0.5) is 8.78 Å². The van der Waals surface area contributed by atoms with Crippen molar-refractivity contribution in [2.75, 3.05) is 20.3 Å². The molecule has 13 heteroatoms. The number of primary amides is 1. The fourth-order valence-corrected chi connectivity index (χ4v) is 5.75. The Labute approximate surface area is 271 Å². The first-order valence-corrected chi connectivity index (χ1v) is 15.3. The summed E-state index contributed by atoms with van der Waals surface area (Å²) in [4.78, 5) is 34.7. The number of nitrogens with one attached hydrogen (secondary N) is 1. The summed E-state index contributed by atoms with van der Waals surface area (Å²) in [7, 11) is 1.48. The van der Waals surface area contributed by atoms with Gasteiger partial charge in [0.25, 0.3) is 5.91 Å². The lowest BCUT2D eigenvalue weighted by atomic mass is 9.90. The van der Waals surface area contributed by atoms with E-state index >= 15 is 4.39 Å². The molecule has 0 radical (unpaired) electrons. The molecule has 4 aromatic rings. The molecule has 0 spiro atoms. The Morgan fingerprint density at radius 2 is 1.89 bits per heavy atom. The van der Waals surface area contributed by atoms with Gasteiger partial charge in [0.05, 0.1) is 43.1 Å². The molecule has 0 saturated heterocycles. The minimum absolute atomic E-state index is 0.0436. The van der Waals surface area contributed by atoms with Crippen molar-refractivity contribution in [3.05, 3.63) is 80.0 Å². The number of rotatable bonds is 11. The van der Waals surface area contributed by atoms with Gasteiger partial charge in [0.2, 0.25) is 5.91 Å². The van der Waals surface area contributed by atoms with E-state index in [0.29, 0.717) is 35.6 Å². The lowest BCUT2D eigenvalue weighted by Gasteiger charge is -2.30. The normalized spacial score (nSPS) is 14.2. The molecule has 2 aromatic carbocycles. The van der Waals surface area contributed by atoms with Crippen LogP contribution in [0, 0.1) is 24.5 Å². The summed E-state index contributed by atoms with van der Waals surface area (Å²) in [5, 5.41) is 15.2. The third kappa shape index (κ3) is 6.58. The second-order valence-electron chi connectivity index (χ2n) is 10.9. The quantitative estimate of drug-likeness (QED) is 0.169. The highest BCUT2D eigenvalue weighted by Crippen LogP contribution is 2.47. The molecular weight excluding hydrogens is 674 g/mol. The number of fused-ring (bicyclic) bond motifs is 1. The van der Waals surface area contributed by atoms with Crippen molar-refractivity contribution >= 4 is 50.2 Å². The van der Waals surface area contributed by atoms with Gasteiger partial charge in [-0.2, -0.15) is 0 Å². The number of halogens is 4. The first-order chi connectivity index (χ1) is 21.4. The summed E-state index contributed by atoms with van der Waals surface area (Å²) in [6.07, 6.45) is 0.935. The second kappa shape index (κ2) is 12.9. The van der Waals surface area contributed by atoms with E-state index in [-0.39, 0.29) is 64.3 Å². The molecule has 1 aliphatic carbocycles. The zero-order chi connectivity index (χ0) is 32.6. The molecular formula is C32H30BrClF2N4O5. The van der Waals surface area contributed by atoms with Crippen LogP contribution in [0.25, 0.3) is 22.2 Å².